The summed E-state index contributed by atoms with van der Waals surface area (Å²) in [6.45, 7) is 0.871. The number of benzene rings is 1. The molecule has 1 aromatic rings. The Morgan fingerprint density at radius 2 is 2.28 bits per heavy atom. The number of phenolic OH excluding ortho intramolecular Hbond substituents is 1. The van der Waals surface area contributed by atoms with Crippen LogP contribution in [0.4, 0.5) is 0 Å². The van der Waals surface area contributed by atoms with Crippen molar-refractivity contribution in [1.29, 1.82) is 0 Å². The van der Waals surface area contributed by atoms with E-state index in [0.717, 1.165) is 19.4 Å². The Hall–Kier alpha value is -1.71. The number of methoxy groups -OCH3 is 1. The highest BCUT2D eigenvalue weighted by atomic mass is 16.5. The van der Waals surface area contributed by atoms with Crippen LogP contribution in [0.25, 0.3) is 0 Å². The molecular weight excluding hydrogens is 230 g/mol. The monoisotopic (exact) mass is 247 g/mol. The molecule has 2 unspecified atom stereocenters. The van der Waals surface area contributed by atoms with Gasteiger partial charge in [-0.1, -0.05) is 0 Å². The zero-order chi connectivity index (χ0) is 12.7. The average Bonchev–Trinajstić information content (AvgIpc) is 3.00. The second-order valence-corrected chi connectivity index (χ2v) is 5.18. The van der Waals surface area contributed by atoms with Gasteiger partial charge in [0.05, 0.1) is 7.11 Å². The third-order valence-corrected chi connectivity index (χ3v) is 4.10. The van der Waals surface area contributed by atoms with Gasteiger partial charge in [-0.25, -0.2) is 0 Å². The fourth-order valence-electron chi connectivity index (χ4n) is 3.16. The molecule has 1 saturated carbocycles. The number of nitrogens with zero attached hydrogens (tertiary/aromatic N) is 1. The van der Waals surface area contributed by atoms with Crippen LogP contribution in [0.15, 0.2) is 18.2 Å². The molecule has 0 spiro atoms. The summed E-state index contributed by atoms with van der Waals surface area (Å²) in [7, 11) is 1.50. The largest absolute Gasteiger partial charge is 0.504 e. The van der Waals surface area contributed by atoms with E-state index in [4.69, 9.17) is 4.74 Å². The summed E-state index contributed by atoms with van der Waals surface area (Å²) in [5, 5.41) is 9.72. The van der Waals surface area contributed by atoms with Gasteiger partial charge in [0.25, 0.3) is 5.91 Å². The first-order chi connectivity index (χ1) is 8.69. The number of ether oxygens (including phenoxy) is 1. The van der Waals surface area contributed by atoms with Gasteiger partial charge < -0.3 is 14.7 Å². The molecule has 96 valence electrons. The van der Waals surface area contributed by atoms with E-state index >= 15 is 0 Å². The number of likely N-dealkylation sites (tertiary alicyclic amines) is 1. The van der Waals surface area contributed by atoms with Crippen LogP contribution in [-0.4, -0.2) is 35.6 Å². The van der Waals surface area contributed by atoms with Crippen LogP contribution in [0.5, 0.6) is 11.5 Å². The van der Waals surface area contributed by atoms with Gasteiger partial charge in [0.1, 0.15) is 0 Å². The molecule has 1 aromatic carbocycles. The lowest BCUT2D eigenvalue weighted by atomic mass is 10.1. The Kier molecular flexibility index (Phi) is 2.65. The number of hydrogen-bond donors (Lipinski definition) is 1. The Morgan fingerprint density at radius 1 is 1.44 bits per heavy atom. The highest BCUT2D eigenvalue weighted by Crippen LogP contribution is 2.38. The summed E-state index contributed by atoms with van der Waals surface area (Å²) >= 11 is 0. The number of rotatable bonds is 2. The molecule has 2 bridgehead atoms. The molecule has 2 atom stereocenters. The van der Waals surface area contributed by atoms with Crippen molar-refractivity contribution in [1.82, 2.24) is 4.90 Å². The molecule has 4 heteroatoms. The van der Waals surface area contributed by atoms with Crippen LogP contribution in [0.1, 0.15) is 29.6 Å². The Morgan fingerprint density at radius 3 is 2.83 bits per heavy atom. The molecule has 1 saturated heterocycles. The normalized spacial score (nSPS) is 25.5. The van der Waals surface area contributed by atoms with Crippen molar-refractivity contribution in [3.05, 3.63) is 23.8 Å². The van der Waals surface area contributed by atoms with Crippen molar-refractivity contribution < 1.29 is 14.6 Å². The SMILES string of the molecule is COc1ccc(C(=O)N2CC3CCC2C3)cc1O. The number of carbonyl (C=O) groups is 1. The molecule has 0 aromatic heterocycles. The predicted octanol–water partition coefficient (Wildman–Crippen LogP) is 2.03. The number of piperidine rings is 1. The van der Waals surface area contributed by atoms with Gasteiger partial charge in [0, 0.05) is 18.2 Å². The van der Waals surface area contributed by atoms with E-state index < -0.39 is 0 Å². The number of hydrogen-bond acceptors (Lipinski definition) is 3. The number of fused-ring (bicyclic) bond motifs is 2. The highest BCUT2D eigenvalue weighted by molar-refractivity contribution is 5.95. The van der Waals surface area contributed by atoms with Gasteiger partial charge in [-0.2, -0.15) is 0 Å². The average molecular weight is 247 g/mol. The molecule has 1 heterocycles. The maximum atomic E-state index is 12.4. The lowest BCUT2D eigenvalue weighted by molar-refractivity contribution is 0.0703. The van der Waals surface area contributed by atoms with Crippen molar-refractivity contribution in [2.75, 3.05) is 13.7 Å². The molecule has 2 aliphatic rings. The summed E-state index contributed by atoms with van der Waals surface area (Å²) < 4.78 is 4.98. The second kappa shape index (κ2) is 4.19. The van der Waals surface area contributed by atoms with E-state index in [0.29, 0.717) is 23.3 Å². The van der Waals surface area contributed by atoms with Gasteiger partial charge in [0.2, 0.25) is 0 Å². The van der Waals surface area contributed by atoms with E-state index in [1.54, 1.807) is 12.1 Å². The first-order valence-corrected chi connectivity index (χ1v) is 6.37. The van der Waals surface area contributed by atoms with Crippen molar-refractivity contribution in [2.24, 2.45) is 5.92 Å². The van der Waals surface area contributed by atoms with Gasteiger partial charge in [-0.15, -0.1) is 0 Å². The van der Waals surface area contributed by atoms with Gasteiger partial charge in [0.15, 0.2) is 11.5 Å². The predicted molar refractivity (Wildman–Crippen MR) is 66.8 cm³/mol. The quantitative estimate of drug-likeness (QED) is 0.870. The molecule has 4 nitrogen and oxygen atoms in total. The van der Waals surface area contributed by atoms with Crippen LogP contribution in [-0.2, 0) is 0 Å². The van der Waals surface area contributed by atoms with E-state index in [-0.39, 0.29) is 11.7 Å². The Bertz CT molecular complexity index is 486. The van der Waals surface area contributed by atoms with Crippen LogP contribution in [0.2, 0.25) is 0 Å². The molecule has 1 aliphatic heterocycles. The molecule has 1 N–H and O–H groups in total. The van der Waals surface area contributed by atoms with Gasteiger partial charge >= 0.3 is 0 Å². The fourth-order valence-corrected chi connectivity index (χ4v) is 3.16. The molecule has 3 rings (SSSR count). The van der Waals surface area contributed by atoms with E-state index in [1.807, 2.05) is 4.90 Å². The molecule has 0 radical (unpaired) electrons. The van der Waals surface area contributed by atoms with Crippen LogP contribution in [0, 0.1) is 5.92 Å². The Balaban J connectivity index is 1.82. The number of carbonyl (C=O) groups excluding carboxylic acids is 1. The third-order valence-electron chi connectivity index (χ3n) is 4.10. The second-order valence-electron chi connectivity index (χ2n) is 5.18. The van der Waals surface area contributed by atoms with Crippen molar-refractivity contribution >= 4 is 5.91 Å². The first kappa shape index (κ1) is 11.4. The lowest BCUT2D eigenvalue weighted by Gasteiger charge is -2.27. The summed E-state index contributed by atoms with van der Waals surface area (Å²) in [6, 6.07) is 5.25. The number of amides is 1. The fraction of sp³-hybridized carbons (Fsp3) is 0.500. The third kappa shape index (κ3) is 1.72. The molecule has 2 fully saturated rings. The van der Waals surface area contributed by atoms with E-state index in [9.17, 15) is 9.90 Å². The standard InChI is InChI=1S/C14H17NO3/c1-18-13-5-3-10(7-12(13)16)14(17)15-8-9-2-4-11(15)6-9/h3,5,7,9,11,16H,2,4,6,8H2,1H3. The van der Waals surface area contributed by atoms with Crippen molar-refractivity contribution in [3.63, 3.8) is 0 Å². The van der Waals surface area contributed by atoms with Crippen molar-refractivity contribution in [3.8, 4) is 11.5 Å². The topological polar surface area (TPSA) is 49.8 Å². The van der Waals surface area contributed by atoms with E-state index in [2.05, 4.69) is 0 Å². The Labute approximate surface area is 106 Å². The maximum absolute atomic E-state index is 12.4. The summed E-state index contributed by atoms with van der Waals surface area (Å²) in [5.41, 5.74) is 0.542. The highest BCUT2D eigenvalue weighted by Gasteiger charge is 2.40. The van der Waals surface area contributed by atoms with Crippen LogP contribution < -0.4 is 4.74 Å². The summed E-state index contributed by atoms with van der Waals surface area (Å²) in [5.74, 6) is 1.13. The summed E-state index contributed by atoms with van der Waals surface area (Å²) in [6.07, 6.45) is 3.52. The molecule has 18 heavy (non-hydrogen) atoms. The molecule has 1 aliphatic carbocycles. The van der Waals surface area contributed by atoms with E-state index in [1.165, 1.54) is 19.6 Å². The first-order valence-electron chi connectivity index (χ1n) is 6.37. The van der Waals surface area contributed by atoms with Crippen LogP contribution in [0.3, 0.4) is 0 Å². The maximum Gasteiger partial charge on any atom is 0.254 e. The smallest absolute Gasteiger partial charge is 0.254 e. The number of phenols is 1. The van der Waals surface area contributed by atoms with Gasteiger partial charge in [-0.05, 0) is 43.4 Å². The zero-order valence-electron chi connectivity index (χ0n) is 10.4. The number of aromatic hydroxyl groups is 1. The summed E-state index contributed by atoms with van der Waals surface area (Å²) in [4.78, 5) is 14.3. The molecule has 1 amide bonds. The minimum Gasteiger partial charge on any atom is -0.504 e. The lowest BCUT2D eigenvalue weighted by Crippen LogP contribution is -2.37. The van der Waals surface area contributed by atoms with Crippen LogP contribution >= 0.6 is 0 Å². The van der Waals surface area contributed by atoms with Gasteiger partial charge in [-0.3, -0.25) is 4.79 Å². The van der Waals surface area contributed by atoms with Crippen molar-refractivity contribution in [2.45, 2.75) is 25.3 Å². The minimum absolute atomic E-state index is 0.0210. The zero-order valence-corrected chi connectivity index (χ0v) is 10.4. The molecular formula is C14H17NO3. The minimum atomic E-state index is 0.0210.